The van der Waals surface area contributed by atoms with Crippen LogP contribution in [0.5, 0.6) is 0 Å². The maximum absolute atomic E-state index is 11.1. The van der Waals surface area contributed by atoms with Gasteiger partial charge in [-0.1, -0.05) is 0 Å². The normalized spacial score (nSPS) is 10.8. The van der Waals surface area contributed by atoms with E-state index in [-0.39, 0.29) is 0 Å². The van der Waals surface area contributed by atoms with Gasteiger partial charge in [-0.2, -0.15) is 0 Å². The minimum Gasteiger partial charge on any atom is -0.478 e. The number of nitrogens with zero attached hydrogens (tertiary/aromatic N) is 3. The van der Waals surface area contributed by atoms with Crippen molar-refractivity contribution < 1.29 is 9.90 Å². The fraction of sp³-hybridized carbons (Fsp3) is 0.571. The zero-order chi connectivity index (χ0) is 14.4. The first-order valence-electron chi connectivity index (χ1n) is 6.55. The van der Waals surface area contributed by atoms with Crippen LogP contribution in [-0.2, 0) is 0 Å². The topological polar surface area (TPSA) is 56.7 Å². The van der Waals surface area contributed by atoms with Gasteiger partial charge in [0.05, 0.1) is 5.56 Å². The van der Waals surface area contributed by atoms with E-state index in [1.165, 1.54) is 0 Å². The zero-order valence-corrected chi connectivity index (χ0v) is 12.2. The van der Waals surface area contributed by atoms with Crippen LogP contribution in [0.2, 0.25) is 0 Å². The van der Waals surface area contributed by atoms with Crippen molar-refractivity contribution in [2.24, 2.45) is 0 Å². The van der Waals surface area contributed by atoms with Crippen LogP contribution in [0.25, 0.3) is 0 Å². The summed E-state index contributed by atoms with van der Waals surface area (Å²) in [6.07, 6.45) is 1.03. The quantitative estimate of drug-likeness (QED) is 0.815. The van der Waals surface area contributed by atoms with Crippen LogP contribution in [0.15, 0.2) is 12.1 Å². The summed E-state index contributed by atoms with van der Waals surface area (Å²) < 4.78 is 0. The fourth-order valence-corrected chi connectivity index (χ4v) is 1.95. The van der Waals surface area contributed by atoms with Crippen LogP contribution in [-0.4, -0.2) is 54.7 Å². The zero-order valence-electron chi connectivity index (χ0n) is 12.2. The molecular formula is C14H23N3O2. The van der Waals surface area contributed by atoms with E-state index < -0.39 is 5.97 Å². The first-order chi connectivity index (χ1) is 8.93. The van der Waals surface area contributed by atoms with Gasteiger partial charge in [-0.05, 0) is 53.0 Å². The first-order valence-corrected chi connectivity index (χ1v) is 6.55. The molecule has 19 heavy (non-hydrogen) atoms. The Kier molecular flexibility index (Phi) is 5.76. The molecule has 0 radical (unpaired) electrons. The van der Waals surface area contributed by atoms with Crippen molar-refractivity contribution in [3.8, 4) is 0 Å². The molecule has 5 nitrogen and oxygen atoms in total. The van der Waals surface area contributed by atoms with E-state index in [4.69, 9.17) is 5.11 Å². The molecule has 0 bridgehead atoms. The van der Waals surface area contributed by atoms with E-state index >= 15 is 0 Å². The average Bonchev–Trinajstić information content (AvgIpc) is 2.33. The number of aromatic nitrogens is 1. The summed E-state index contributed by atoms with van der Waals surface area (Å²) >= 11 is 0. The Morgan fingerprint density at radius 3 is 2.53 bits per heavy atom. The third-order valence-corrected chi connectivity index (χ3v) is 2.93. The Balaban J connectivity index is 2.82. The molecule has 1 N–H and O–H groups in total. The van der Waals surface area contributed by atoms with E-state index in [1.807, 2.05) is 21.0 Å². The smallest absolute Gasteiger partial charge is 0.335 e. The predicted molar refractivity (Wildman–Crippen MR) is 77.0 cm³/mol. The van der Waals surface area contributed by atoms with Crippen molar-refractivity contribution in [2.45, 2.75) is 20.3 Å². The number of hydrogen-bond donors (Lipinski definition) is 1. The van der Waals surface area contributed by atoms with Crippen molar-refractivity contribution in [2.75, 3.05) is 38.6 Å². The van der Waals surface area contributed by atoms with Gasteiger partial charge in [-0.15, -0.1) is 0 Å². The number of aryl methyl sites for hydroxylation is 1. The number of anilines is 1. The molecule has 0 atom stereocenters. The van der Waals surface area contributed by atoms with Gasteiger partial charge in [0.25, 0.3) is 0 Å². The summed E-state index contributed by atoms with van der Waals surface area (Å²) in [5.74, 6) is -0.158. The molecule has 0 aliphatic rings. The molecule has 1 aromatic heterocycles. The Labute approximate surface area is 114 Å². The van der Waals surface area contributed by atoms with Crippen LogP contribution in [0.4, 0.5) is 5.82 Å². The number of aromatic carboxylic acids is 1. The summed E-state index contributed by atoms with van der Waals surface area (Å²) in [5, 5.41) is 9.08. The summed E-state index contributed by atoms with van der Waals surface area (Å²) in [4.78, 5) is 19.8. The lowest BCUT2D eigenvalue weighted by atomic mass is 10.2. The number of carboxylic acids is 1. The van der Waals surface area contributed by atoms with E-state index in [0.717, 1.165) is 37.6 Å². The molecule has 0 aliphatic carbocycles. The van der Waals surface area contributed by atoms with E-state index in [9.17, 15) is 4.79 Å². The van der Waals surface area contributed by atoms with Crippen LogP contribution >= 0.6 is 0 Å². The standard InChI is InChI=1S/C14H23N3O2/c1-5-17(8-6-7-16(3)4)13-10-12(14(18)19)9-11(2)15-13/h9-10H,5-8H2,1-4H3,(H,18,19). The van der Waals surface area contributed by atoms with E-state index in [2.05, 4.69) is 21.7 Å². The molecule has 0 spiro atoms. The minimum atomic E-state index is -0.906. The van der Waals surface area contributed by atoms with Crippen molar-refractivity contribution in [3.05, 3.63) is 23.4 Å². The molecule has 0 aromatic carbocycles. The largest absolute Gasteiger partial charge is 0.478 e. The SMILES string of the molecule is CCN(CCCN(C)C)c1cc(C(=O)O)cc(C)n1. The molecule has 0 saturated heterocycles. The second-order valence-corrected chi connectivity index (χ2v) is 4.90. The third-order valence-electron chi connectivity index (χ3n) is 2.93. The summed E-state index contributed by atoms with van der Waals surface area (Å²) in [5.41, 5.74) is 1.04. The molecule has 1 heterocycles. The van der Waals surface area contributed by atoms with Gasteiger partial charge in [0, 0.05) is 18.8 Å². The molecule has 0 amide bonds. The average molecular weight is 265 g/mol. The molecule has 5 heteroatoms. The Morgan fingerprint density at radius 1 is 1.32 bits per heavy atom. The summed E-state index contributed by atoms with van der Waals surface area (Å²) in [6, 6.07) is 3.24. The van der Waals surface area contributed by atoms with Gasteiger partial charge in [0.1, 0.15) is 5.82 Å². The number of hydrogen-bond acceptors (Lipinski definition) is 4. The second kappa shape index (κ2) is 7.09. The molecule has 0 fully saturated rings. The monoisotopic (exact) mass is 265 g/mol. The lowest BCUT2D eigenvalue weighted by molar-refractivity contribution is 0.0696. The van der Waals surface area contributed by atoms with Crippen molar-refractivity contribution in [1.82, 2.24) is 9.88 Å². The van der Waals surface area contributed by atoms with Crippen molar-refractivity contribution >= 4 is 11.8 Å². The number of carboxylic acid groups (broad SMARTS) is 1. The maximum Gasteiger partial charge on any atom is 0.335 e. The first kappa shape index (κ1) is 15.4. The van der Waals surface area contributed by atoms with Gasteiger partial charge in [0.15, 0.2) is 0 Å². The number of carbonyl (C=O) groups is 1. The lowest BCUT2D eigenvalue weighted by Gasteiger charge is -2.23. The van der Waals surface area contributed by atoms with E-state index in [1.54, 1.807) is 12.1 Å². The van der Waals surface area contributed by atoms with E-state index in [0.29, 0.717) is 5.56 Å². The lowest BCUT2D eigenvalue weighted by Crippen LogP contribution is -2.28. The van der Waals surface area contributed by atoms with Crippen molar-refractivity contribution in [3.63, 3.8) is 0 Å². The predicted octanol–water partition coefficient (Wildman–Crippen LogP) is 1.87. The van der Waals surface area contributed by atoms with Gasteiger partial charge in [-0.25, -0.2) is 9.78 Å². The van der Waals surface area contributed by atoms with Gasteiger partial charge < -0.3 is 14.9 Å². The van der Waals surface area contributed by atoms with Gasteiger partial charge in [0.2, 0.25) is 0 Å². The number of pyridine rings is 1. The minimum absolute atomic E-state index is 0.300. The van der Waals surface area contributed by atoms with Crippen molar-refractivity contribution in [1.29, 1.82) is 0 Å². The van der Waals surface area contributed by atoms with Gasteiger partial charge in [-0.3, -0.25) is 0 Å². The molecule has 0 unspecified atom stereocenters. The maximum atomic E-state index is 11.1. The van der Waals surface area contributed by atoms with Gasteiger partial charge >= 0.3 is 5.97 Å². The second-order valence-electron chi connectivity index (χ2n) is 4.90. The van der Waals surface area contributed by atoms with Crippen LogP contribution < -0.4 is 4.90 Å². The third kappa shape index (κ3) is 4.87. The Morgan fingerprint density at radius 2 is 2.00 bits per heavy atom. The molecule has 0 saturated carbocycles. The van der Waals surface area contributed by atoms with Crippen LogP contribution in [0.3, 0.4) is 0 Å². The highest BCUT2D eigenvalue weighted by Crippen LogP contribution is 2.15. The van der Waals surface area contributed by atoms with Crippen LogP contribution in [0, 0.1) is 6.92 Å². The molecule has 0 aliphatic heterocycles. The summed E-state index contributed by atoms with van der Waals surface area (Å²) in [6.45, 7) is 6.59. The Bertz CT molecular complexity index is 433. The molecular weight excluding hydrogens is 242 g/mol. The highest BCUT2D eigenvalue weighted by Gasteiger charge is 2.11. The molecule has 1 rings (SSSR count). The van der Waals surface area contributed by atoms with Crippen LogP contribution in [0.1, 0.15) is 29.4 Å². The highest BCUT2D eigenvalue weighted by atomic mass is 16.4. The highest BCUT2D eigenvalue weighted by molar-refractivity contribution is 5.88. The molecule has 106 valence electrons. The fourth-order valence-electron chi connectivity index (χ4n) is 1.95. The Hall–Kier alpha value is -1.62. The molecule has 1 aromatic rings. The summed E-state index contributed by atoms with van der Waals surface area (Å²) in [7, 11) is 4.09. The number of rotatable bonds is 7.